The first-order chi connectivity index (χ1) is 53.5. The number of esters is 7. The molecule has 5 rings (SSSR count). The molecule has 610 valence electrons. The van der Waals surface area contributed by atoms with Crippen LogP contribution in [-0.2, 0) is 80.9 Å². The van der Waals surface area contributed by atoms with Crippen LogP contribution in [0.4, 0.5) is 41.0 Å². The molecule has 0 radical (unpaired) electrons. The number of rotatable bonds is 36. The zero-order valence-corrected chi connectivity index (χ0v) is 68.2. The minimum absolute atomic E-state index is 0.00330. The third-order valence-electron chi connectivity index (χ3n) is 13.2. The molecule has 29 nitrogen and oxygen atoms in total. The van der Waals surface area contributed by atoms with Crippen LogP contribution >= 0.6 is 47.0 Å². The fourth-order valence-electron chi connectivity index (χ4n) is 7.33. The Morgan fingerprint density at radius 1 is 0.372 bits per heavy atom. The molecule has 0 unspecified atom stereocenters. The maximum absolute atomic E-state index is 12.2. The summed E-state index contributed by atoms with van der Waals surface area (Å²) < 4.78 is 59.8. The fourth-order valence-corrected chi connectivity index (χ4v) is 9.06. The number of anilines is 3. The standard InChI is InChI=1S/C21H27NO6S.C18H21NO6S.C14H17NO4S.C14H17NO4.C13H15NO4S/c1-14(2)18(23)26-11-21(5,12-27-19(24)15(3)4)13-28-20(25)22-16-8-7-9-17(10-16)29-6;1-5-15(20)23-11-18(3,12-24-16(21)6-2)19-17(22)25-13-7-9-14(26-4)10-8-13;1-10(2)13(16)18-7-8-19-14(17)15-11-5-4-6-12(9-11)20-3;1-10(2)13(16)18-7-8-19-14(17)15-12-6-4-5-11(3)9-12;1-3-12(15)17-9-8-14-13(16)18-10-4-6-11(19-2)7-5-10/h7-10H,1,3,11-13H2,2,4-6H3,(H,22,25);5-10H,1-2,11-12H2,3-4H3,(H,19,22);4-6,9H,1,7-8H2,2-3H3,(H,15,17);4-6,9H,1,7-8H2,2-3H3,(H,15,17);3-7H,1,8-9H2,2H3,(H,14,16). The summed E-state index contributed by atoms with van der Waals surface area (Å²) in [5.74, 6) is -3.23. The van der Waals surface area contributed by atoms with Gasteiger partial charge in [-0.2, -0.15) is 0 Å². The number of carbonyl (C=O) groups excluding carboxylic acids is 12. The molecule has 0 spiro atoms. The van der Waals surface area contributed by atoms with Gasteiger partial charge in [-0.25, -0.2) is 57.5 Å². The molecule has 0 saturated heterocycles. The number of thioether (sulfide) groups is 4. The van der Waals surface area contributed by atoms with Gasteiger partial charge in [0.15, 0.2) is 0 Å². The van der Waals surface area contributed by atoms with Gasteiger partial charge in [0.05, 0.1) is 12.0 Å². The molecule has 5 aromatic carbocycles. The normalized spacial score (nSPS) is 10.0. The van der Waals surface area contributed by atoms with Crippen LogP contribution in [0.1, 0.15) is 47.1 Å². The van der Waals surface area contributed by atoms with E-state index >= 15 is 0 Å². The van der Waals surface area contributed by atoms with Crippen LogP contribution in [0, 0.1) is 12.3 Å². The first-order valence-corrected chi connectivity index (χ1v) is 38.5. The average Bonchev–Trinajstić information content (AvgIpc) is 0.872. The lowest BCUT2D eigenvalue weighted by Crippen LogP contribution is -2.54. The van der Waals surface area contributed by atoms with Gasteiger partial charge in [-0.15, -0.1) is 47.0 Å². The van der Waals surface area contributed by atoms with Crippen molar-refractivity contribution in [2.45, 2.75) is 73.6 Å². The highest BCUT2D eigenvalue weighted by molar-refractivity contribution is 7.99. The van der Waals surface area contributed by atoms with E-state index < -0.39 is 83.2 Å². The Hall–Kier alpha value is -11.7. The Morgan fingerprint density at radius 3 is 1.08 bits per heavy atom. The van der Waals surface area contributed by atoms with Crippen LogP contribution in [0.3, 0.4) is 0 Å². The van der Waals surface area contributed by atoms with E-state index in [-0.39, 0.29) is 83.8 Å². The Morgan fingerprint density at radius 2 is 0.708 bits per heavy atom. The number of ether oxygens (including phenoxy) is 12. The van der Waals surface area contributed by atoms with E-state index in [1.165, 1.54) is 20.8 Å². The second kappa shape index (κ2) is 55.7. The summed E-state index contributed by atoms with van der Waals surface area (Å²) in [6, 6.07) is 36.1. The number of hydrogen-bond acceptors (Lipinski definition) is 28. The van der Waals surface area contributed by atoms with Gasteiger partial charge in [-0.3, -0.25) is 16.0 Å². The number of carbonyl (C=O) groups is 12. The quantitative estimate of drug-likeness (QED) is 0.00817. The zero-order chi connectivity index (χ0) is 84.9. The Kier molecular flexibility index (Phi) is 48.9. The van der Waals surface area contributed by atoms with Crippen LogP contribution in [0.2, 0.25) is 0 Å². The maximum atomic E-state index is 12.2. The number of hydrogen-bond donors (Lipinski definition) is 5. The molecule has 5 N–H and O–H groups in total. The molecule has 5 amide bonds. The van der Waals surface area contributed by atoms with Crippen LogP contribution in [0.15, 0.2) is 227 Å². The van der Waals surface area contributed by atoms with E-state index in [0.29, 0.717) is 39.7 Å². The van der Waals surface area contributed by atoms with Crippen molar-refractivity contribution in [1.29, 1.82) is 0 Å². The third-order valence-corrected chi connectivity index (χ3v) is 16.1. The number of amides is 5. The Bertz CT molecular complexity index is 4020. The molecule has 0 aromatic heterocycles. The molecule has 0 fully saturated rings. The predicted octanol–water partition coefficient (Wildman–Crippen LogP) is 14.9. The fraction of sp³-hybridized carbons (Fsp3) is 0.300. The van der Waals surface area contributed by atoms with Gasteiger partial charge in [-0.1, -0.05) is 70.3 Å². The van der Waals surface area contributed by atoms with E-state index in [2.05, 4.69) is 72.6 Å². The van der Waals surface area contributed by atoms with Crippen molar-refractivity contribution >= 4 is 136 Å². The molecule has 33 heteroatoms. The number of aryl methyl sites for hydroxylation is 1. The summed E-state index contributed by atoms with van der Waals surface area (Å²) in [7, 11) is 0. The zero-order valence-electron chi connectivity index (χ0n) is 64.9. The minimum Gasteiger partial charge on any atom is -0.461 e. The monoisotopic (exact) mass is 1640 g/mol. The second-order valence-electron chi connectivity index (χ2n) is 23.7. The van der Waals surface area contributed by atoms with Gasteiger partial charge < -0.3 is 67.5 Å². The summed E-state index contributed by atoms with van der Waals surface area (Å²) in [6.07, 6.45) is 7.60. The Balaban J connectivity index is 0.000000714. The smallest absolute Gasteiger partial charge is 0.413 e. The largest absolute Gasteiger partial charge is 0.461 e. The summed E-state index contributed by atoms with van der Waals surface area (Å²) >= 11 is 6.29. The van der Waals surface area contributed by atoms with Gasteiger partial charge in [0, 0.05) is 77.2 Å². The highest BCUT2D eigenvalue weighted by Gasteiger charge is 2.33. The first-order valence-electron chi connectivity index (χ1n) is 33.6. The third kappa shape index (κ3) is 46.6. The van der Waals surface area contributed by atoms with Crippen molar-refractivity contribution < 1.29 is 114 Å². The van der Waals surface area contributed by atoms with Crippen molar-refractivity contribution in [3.63, 3.8) is 0 Å². The van der Waals surface area contributed by atoms with Crippen molar-refractivity contribution in [3.8, 4) is 11.5 Å². The molecule has 0 atom stereocenters. The molecule has 0 aliphatic rings. The summed E-state index contributed by atoms with van der Waals surface area (Å²) in [4.78, 5) is 142. The molecule has 0 aliphatic heterocycles. The summed E-state index contributed by atoms with van der Waals surface area (Å²) in [5.41, 5.74) is 1.87. The van der Waals surface area contributed by atoms with Gasteiger partial charge in [-0.05, 0) is 176 Å². The van der Waals surface area contributed by atoms with Crippen LogP contribution < -0.4 is 36.1 Å². The highest BCUT2D eigenvalue weighted by Crippen LogP contribution is 2.25. The predicted molar refractivity (Wildman–Crippen MR) is 435 cm³/mol. The van der Waals surface area contributed by atoms with E-state index in [1.54, 1.807) is 110 Å². The molecule has 0 bridgehead atoms. The van der Waals surface area contributed by atoms with E-state index in [0.717, 1.165) is 43.4 Å². The average molecular weight is 1640 g/mol. The topological polar surface area (TPSA) is 376 Å². The second-order valence-corrected chi connectivity index (χ2v) is 27.2. The number of nitrogens with one attached hydrogen (secondary N) is 5. The molecule has 5 aromatic rings. The van der Waals surface area contributed by atoms with E-state index in [4.69, 9.17) is 56.8 Å². The van der Waals surface area contributed by atoms with Crippen molar-refractivity contribution in [1.82, 2.24) is 10.6 Å². The first kappa shape index (κ1) is 99.3. The van der Waals surface area contributed by atoms with Crippen LogP contribution in [0.5, 0.6) is 11.5 Å². The van der Waals surface area contributed by atoms with Gasteiger partial charge in [0.1, 0.15) is 83.1 Å². The van der Waals surface area contributed by atoms with E-state index in [9.17, 15) is 57.5 Å². The number of benzene rings is 5. The summed E-state index contributed by atoms with van der Waals surface area (Å²) in [5, 5.41) is 12.8. The molecular formula is C80H97N5O24S4. The van der Waals surface area contributed by atoms with Crippen LogP contribution in [0.25, 0.3) is 0 Å². The maximum Gasteiger partial charge on any atom is 0.413 e. The van der Waals surface area contributed by atoms with Gasteiger partial charge in [0.25, 0.3) is 0 Å². The van der Waals surface area contributed by atoms with Crippen LogP contribution in [-0.4, -0.2) is 175 Å². The van der Waals surface area contributed by atoms with Crippen molar-refractivity contribution in [2.75, 3.05) is 114 Å². The summed E-state index contributed by atoms with van der Waals surface area (Å²) in [6.45, 7) is 34.4. The SMILES string of the molecule is C=C(C)C(=O)OCC(C)(COC(=O)Nc1cccc(SC)c1)COC(=O)C(=C)C.C=C(C)C(=O)OCCOC(=O)Nc1cccc(C)c1.C=C(C)C(=O)OCCOC(=O)Nc1cccc(SC)c1.C=CC(=O)OCC(C)(COC(=O)C=C)NC(=O)Oc1ccc(SC)cc1.C=CC(=O)OCCNC(=O)Oc1ccc(SC)cc1. The molecule has 0 aliphatic carbocycles. The lowest BCUT2D eigenvalue weighted by Gasteiger charge is -2.28. The van der Waals surface area contributed by atoms with Gasteiger partial charge in [0.2, 0.25) is 0 Å². The van der Waals surface area contributed by atoms with Crippen molar-refractivity contribution in [2.24, 2.45) is 5.41 Å². The lowest BCUT2D eigenvalue weighted by atomic mass is 9.94. The lowest BCUT2D eigenvalue weighted by molar-refractivity contribution is -0.150. The molecule has 0 saturated carbocycles. The minimum atomic E-state index is -1.20. The Labute approximate surface area is 675 Å². The molecule has 113 heavy (non-hydrogen) atoms. The van der Waals surface area contributed by atoms with Crippen molar-refractivity contribution in [3.05, 3.63) is 213 Å². The highest BCUT2D eigenvalue weighted by atomic mass is 32.2. The molecular weight excluding hydrogens is 1540 g/mol. The van der Waals surface area contributed by atoms with E-state index in [1.807, 2.05) is 111 Å². The molecule has 0 heterocycles. The van der Waals surface area contributed by atoms with Gasteiger partial charge >= 0.3 is 72.3 Å².